The summed E-state index contributed by atoms with van der Waals surface area (Å²) in [5.74, 6) is 0.950. The Morgan fingerprint density at radius 2 is 2.05 bits per heavy atom. The van der Waals surface area contributed by atoms with E-state index >= 15 is 0 Å². The van der Waals surface area contributed by atoms with E-state index in [-0.39, 0.29) is 11.8 Å². The molecule has 1 atom stereocenters. The van der Waals surface area contributed by atoms with Crippen molar-refractivity contribution in [3.05, 3.63) is 16.0 Å². The second-order valence-electron chi connectivity index (χ2n) is 6.49. The molecule has 0 saturated heterocycles. The maximum Gasteiger partial charge on any atom is 0.228 e. The zero-order valence-electron chi connectivity index (χ0n) is 12.6. The lowest BCUT2D eigenvalue weighted by Crippen LogP contribution is -2.24. The van der Waals surface area contributed by atoms with Gasteiger partial charge in [0, 0.05) is 10.8 Å². The number of hydrogen-bond donors (Lipinski definition) is 1. The van der Waals surface area contributed by atoms with Gasteiger partial charge in [-0.15, -0.1) is 11.3 Å². The SMILES string of the molecule is CC1CCc2c(sc(NC(=O)C3CCCCC3)c2C#N)C1. The molecular weight excluding hydrogens is 280 g/mol. The zero-order chi connectivity index (χ0) is 14.8. The van der Waals surface area contributed by atoms with Crippen molar-refractivity contribution in [3.8, 4) is 6.07 Å². The lowest BCUT2D eigenvalue weighted by molar-refractivity contribution is -0.120. The molecule has 0 bridgehead atoms. The fourth-order valence-corrected chi connectivity index (χ4v) is 4.90. The lowest BCUT2D eigenvalue weighted by Gasteiger charge is -2.20. The Balaban J connectivity index is 1.79. The van der Waals surface area contributed by atoms with Crippen LogP contribution in [-0.4, -0.2) is 5.91 Å². The van der Waals surface area contributed by atoms with Crippen LogP contribution in [0.2, 0.25) is 0 Å². The standard InChI is InChI=1S/C17H22N2OS/c1-11-7-8-13-14(10-18)17(21-15(13)9-11)19-16(20)12-5-3-2-4-6-12/h11-12H,2-9H2,1H3,(H,19,20). The molecule has 0 aliphatic heterocycles. The first-order valence-electron chi connectivity index (χ1n) is 8.04. The van der Waals surface area contributed by atoms with Crippen molar-refractivity contribution < 1.29 is 4.79 Å². The Kier molecular flexibility index (Phi) is 4.30. The third-order valence-electron chi connectivity index (χ3n) is 4.84. The molecule has 0 radical (unpaired) electrons. The van der Waals surface area contributed by atoms with Gasteiger partial charge in [0.05, 0.1) is 5.56 Å². The molecule has 1 fully saturated rings. The average Bonchev–Trinajstić information content (AvgIpc) is 2.84. The molecule has 1 amide bonds. The smallest absolute Gasteiger partial charge is 0.228 e. The summed E-state index contributed by atoms with van der Waals surface area (Å²) in [7, 11) is 0. The van der Waals surface area contributed by atoms with Gasteiger partial charge in [0.25, 0.3) is 0 Å². The minimum atomic E-state index is 0.123. The number of fused-ring (bicyclic) bond motifs is 1. The van der Waals surface area contributed by atoms with Crippen molar-refractivity contribution in [2.45, 2.75) is 58.3 Å². The molecule has 1 aromatic rings. The summed E-state index contributed by atoms with van der Waals surface area (Å²) in [6.07, 6.45) is 8.73. The Morgan fingerprint density at radius 1 is 1.29 bits per heavy atom. The average molecular weight is 302 g/mol. The van der Waals surface area contributed by atoms with Crippen LogP contribution < -0.4 is 5.32 Å². The number of nitrogens with zero attached hydrogens (tertiary/aromatic N) is 1. The first-order chi connectivity index (χ1) is 10.2. The van der Waals surface area contributed by atoms with E-state index in [0.29, 0.717) is 5.92 Å². The van der Waals surface area contributed by atoms with Gasteiger partial charge in [-0.1, -0.05) is 26.2 Å². The number of nitriles is 1. The number of carbonyl (C=O) groups excluding carboxylic acids is 1. The minimum Gasteiger partial charge on any atom is -0.316 e. The number of rotatable bonds is 2. The van der Waals surface area contributed by atoms with Gasteiger partial charge in [0.15, 0.2) is 0 Å². The van der Waals surface area contributed by atoms with Crippen LogP contribution in [0.4, 0.5) is 5.00 Å². The molecule has 0 spiro atoms. The predicted molar refractivity (Wildman–Crippen MR) is 85.4 cm³/mol. The summed E-state index contributed by atoms with van der Waals surface area (Å²) in [5.41, 5.74) is 1.92. The highest BCUT2D eigenvalue weighted by molar-refractivity contribution is 7.16. The van der Waals surface area contributed by atoms with Gasteiger partial charge in [-0.25, -0.2) is 0 Å². The van der Waals surface area contributed by atoms with E-state index in [4.69, 9.17) is 0 Å². The van der Waals surface area contributed by atoms with Crippen LogP contribution in [0.5, 0.6) is 0 Å². The Hall–Kier alpha value is -1.34. The maximum absolute atomic E-state index is 12.4. The predicted octanol–water partition coefficient (Wildman–Crippen LogP) is 4.26. The van der Waals surface area contributed by atoms with Gasteiger partial charge in [-0.3, -0.25) is 4.79 Å². The molecule has 1 unspecified atom stereocenters. The summed E-state index contributed by atoms with van der Waals surface area (Å²) in [6.45, 7) is 2.26. The first-order valence-corrected chi connectivity index (χ1v) is 8.86. The van der Waals surface area contributed by atoms with Crippen molar-refractivity contribution >= 4 is 22.2 Å². The van der Waals surface area contributed by atoms with E-state index in [0.717, 1.165) is 55.5 Å². The molecule has 2 aliphatic rings. The van der Waals surface area contributed by atoms with Gasteiger partial charge in [-0.2, -0.15) is 5.26 Å². The summed E-state index contributed by atoms with van der Waals surface area (Å²) in [5, 5.41) is 13.3. The molecule has 1 saturated carbocycles. The Morgan fingerprint density at radius 3 is 2.76 bits per heavy atom. The van der Waals surface area contributed by atoms with Gasteiger partial charge >= 0.3 is 0 Å². The molecule has 112 valence electrons. The summed E-state index contributed by atoms with van der Waals surface area (Å²) in [6, 6.07) is 2.32. The van der Waals surface area contributed by atoms with Crippen LogP contribution in [0.3, 0.4) is 0 Å². The van der Waals surface area contributed by atoms with Crippen molar-refractivity contribution in [1.29, 1.82) is 5.26 Å². The van der Waals surface area contributed by atoms with Gasteiger partial charge < -0.3 is 5.32 Å². The Bertz CT molecular complexity index is 578. The highest BCUT2D eigenvalue weighted by atomic mass is 32.1. The Labute approximate surface area is 130 Å². The second-order valence-corrected chi connectivity index (χ2v) is 7.60. The number of hydrogen-bond acceptors (Lipinski definition) is 3. The fourth-order valence-electron chi connectivity index (χ4n) is 3.54. The zero-order valence-corrected chi connectivity index (χ0v) is 13.4. The van der Waals surface area contributed by atoms with Crippen molar-refractivity contribution in [2.24, 2.45) is 11.8 Å². The molecule has 1 aromatic heterocycles. The number of carbonyl (C=O) groups is 1. The van der Waals surface area contributed by atoms with Crippen molar-refractivity contribution in [2.75, 3.05) is 5.32 Å². The van der Waals surface area contributed by atoms with Crippen LogP contribution in [-0.2, 0) is 17.6 Å². The lowest BCUT2D eigenvalue weighted by atomic mass is 9.88. The number of thiophene rings is 1. The van der Waals surface area contributed by atoms with Gasteiger partial charge in [-0.05, 0) is 43.6 Å². The van der Waals surface area contributed by atoms with E-state index in [2.05, 4.69) is 18.3 Å². The molecule has 1 N–H and O–H groups in total. The topological polar surface area (TPSA) is 52.9 Å². The highest BCUT2D eigenvalue weighted by Gasteiger charge is 2.27. The quantitative estimate of drug-likeness (QED) is 0.887. The number of amides is 1. The normalized spacial score (nSPS) is 22.4. The number of anilines is 1. The first kappa shape index (κ1) is 14.6. The molecular formula is C17H22N2OS. The highest BCUT2D eigenvalue weighted by Crippen LogP contribution is 2.39. The molecule has 1 heterocycles. The van der Waals surface area contributed by atoms with Gasteiger partial charge in [0.1, 0.15) is 11.1 Å². The third kappa shape index (κ3) is 2.98. The molecule has 3 rings (SSSR count). The van der Waals surface area contributed by atoms with Crippen molar-refractivity contribution in [3.63, 3.8) is 0 Å². The molecule has 21 heavy (non-hydrogen) atoms. The monoisotopic (exact) mass is 302 g/mol. The third-order valence-corrected chi connectivity index (χ3v) is 6.01. The summed E-state index contributed by atoms with van der Waals surface area (Å²) < 4.78 is 0. The van der Waals surface area contributed by atoms with Crippen LogP contribution in [0.15, 0.2) is 0 Å². The van der Waals surface area contributed by atoms with E-state index < -0.39 is 0 Å². The van der Waals surface area contributed by atoms with E-state index in [1.54, 1.807) is 11.3 Å². The maximum atomic E-state index is 12.4. The van der Waals surface area contributed by atoms with E-state index in [1.807, 2.05) is 0 Å². The van der Waals surface area contributed by atoms with Crippen LogP contribution in [0.1, 0.15) is 61.5 Å². The molecule has 3 nitrogen and oxygen atoms in total. The molecule has 2 aliphatic carbocycles. The molecule has 0 aromatic carbocycles. The van der Waals surface area contributed by atoms with E-state index in [9.17, 15) is 10.1 Å². The second kappa shape index (κ2) is 6.19. The fraction of sp³-hybridized carbons (Fsp3) is 0.647. The van der Waals surface area contributed by atoms with Crippen LogP contribution >= 0.6 is 11.3 Å². The molecule has 4 heteroatoms. The largest absolute Gasteiger partial charge is 0.316 e. The number of nitrogens with one attached hydrogen (secondary N) is 1. The summed E-state index contributed by atoms with van der Waals surface area (Å²) >= 11 is 1.63. The minimum absolute atomic E-state index is 0.123. The van der Waals surface area contributed by atoms with Crippen LogP contribution in [0.25, 0.3) is 0 Å². The van der Waals surface area contributed by atoms with E-state index in [1.165, 1.54) is 16.9 Å². The summed E-state index contributed by atoms with van der Waals surface area (Å²) in [4.78, 5) is 13.7. The van der Waals surface area contributed by atoms with Crippen molar-refractivity contribution in [1.82, 2.24) is 0 Å². The van der Waals surface area contributed by atoms with Gasteiger partial charge in [0.2, 0.25) is 5.91 Å². The van der Waals surface area contributed by atoms with Crippen LogP contribution in [0, 0.1) is 23.2 Å².